The third kappa shape index (κ3) is 3.96. The Morgan fingerprint density at radius 1 is 1.47 bits per heavy atom. The third-order valence-corrected chi connectivity index (χ3v) is 3.36. The number of benzene rings is 1. The predicted octanol–water partition coefficient (Wildman–Crippen LogP) is 2.05. The molecule has 1 rings (SSSR count). The summed E-state index contributed by atoms with van der Waals surface area (Å²) in [5.41, 5.74) is -1.49. The van der Waals surface area contributed by atoms with Gasteiger partial charge >= 0.3 is 5.97 Å². The average Bonchev–Trinajstić information content (AvgIpc) is 2.37. The highest BCUT2D eigenvalue weighted by atomic mass is 79.9. The first kappa shape index (κ1) is 15.5. The van der Waals surface area contributed by atoms with Gasteiger partial charge < -0.3 is 15.2 Å². The van der Waals surface area contributed by atoms with E-state index < -0.39 is 17.3 Å². The molecule has 1 unspecified atom stereocenters. The molecular weight excluding hydrogens is 314 g/mol. The molecular formula is C13H16BrNO4. The van der Waals surface area contributed by atoms with Crippen molar-refractivity contribution >= 4 is 27.8 Å². The molecule has 0 saturated carbocycles. The summed E-state index contributed by atoms with van der Waals surface area (Å²) in [5, 5.41) is 11.5. The summed E-state index contributed by atoms with van der Waals surface area (Å²) in [4.78, 5) is 22.8. The molecule has 0 spiro atoms. The molecule has 6 heteroatoms. The number of ether oxygens (including phenoxy) is 1. The summed E-state index contributed by atoms with van der Waals surface area (Å²) in [6.45, 7) is 1.53. The minimum atomic E-state index is -1.49. The molecule has 0 aromatic heterocycles. The summed E-state index contributed by atoms with van der Waals surface area (Å²) >= 11 is 3.31. The molecule has 1 atom stereocenters. The molecule has 2 N–H and O–H groups in total. The van der Waals surface area contributed by atoms with E-state index in [1.807, 2.05) is 12.1 Å². The van der Waals surface area contributed by atoms with Gasteiger partial charge in [-0.15, -0.1) is 0 Å². The Labute approximate surface area is 120 Å². The van der Waals surface area contributed by atoms with E-state index in [-0.39, 0.29) is 13.0 Å². The molecule has 1 aromatic carbocycles. The van der Waals surface area contributed by atoms with Gasteiger partial charge in [-0.2, -0.15) is 0 Å². The zero-order valence-electron chi connectivity index (χ0n) is 10.8. The number of carboxylic acid groups (broad SMARTS) is 1. The van der Waals surface area contributed by atoms with Crippen LogP contribution in [0.3, 0.4) is 0 Å². The lowest BCUT2D eigenvalue weighted by Gasteiger charge is -2.22. The molecule has 0 aliphatic heterocycles. The molecule has 5 nitrogen and oxygen atoms in total. The van der Waals surface area contributed by atoms with Gasteiger partial charge in [0.15, 0.2) is 0 Å². The van der Waals surface area contributed by atoms with Crippen LogP contribution in [-0.2, 0) is 9.59 Å². The first-order valence-electron chi connectivity index (χ1n) is 5.74. The van der Waals surface area contributed by atoms with E-state index in [0.29, 0.717) is 5.75 Å². The number of aliphatic carboxylic acids is 1. The quantitative estimate of drug-likeness (QED) is 0.783. The van der Waals surface area contributed by atoms with E-state index in [9.17, 15) is 9.59 Å². The van der Waals surface area contributed by atoms with E-state index >= 15 is 0 Å². The number of carboxylic acids is 1. The lowest BCUT2D eigenvalue weighted by Crippen LogP contribution is -2.44. The van der Waals surface area contributed by atoms with E-state index in [4.69, 9.17) is 9.84 Å². The van der Waals surface area contributed by atoms with E-state index in [1.54, 1.807) is 12.1 Å². The Morgan fingerprint density at radius 2 is 2.16 bits per heavy atom. The molecule has 1 aromatic rings. The van der Waals surface area contributed by atoms with Crippen LogP contribution in [-0.4, -0.2) is 30.6 Å². The van der Waals surface area contributed by atoms with Crippen molar-refractivity contribution in [2.24, 2.45) is 5.41 Å². The fourth-order valence-corrected chi connectivity index (χ4v) is 1.90. The number of amides is 1. The van der Waals surface area contributed by atoms with Crippen molar-refractivity contribution in [3.8, 4) is 5.75 Å². The van der Waals surface area contributed by atoms with Gasteiger partial charge in [-0.25, -0.2) is 0 Å². The second kappa shape index (κ2) is 6.56. The van der Waals surface area contributed by atoms with Crippen molar-refractivity contribution in [2.45, 2.75) is 13.3 Å². The van der Waals surface area contributed by atoms with Crippen LogP contribution in [0.5, 0.6) is 5.75 Å². The summed E-state index contributed by atoms with van der Waals surface area (Å²) in [7, 11) is 1.42. The number of carbonyl (C=O) groups excluding carboxylic acids is 1. The summed E-state index contributed by atoms with van der Waals surface area (Å²) < 4.78 is 6.33. The van der Waals surface area contributed by atoms with Gasteiger partial charge in [-0.05, 0) is 25.1 Å². The molecule has 0 saturated heterocycles. The summed E-state index contributed by atoms with van der Waals surface area (Å²) in [6, 6.07) is 7.22. The molecule has 0 fully saturated rings. The van der Waals surface area contributed by atoms with Gasteiger partial charge in [0, 0.05) is 17.9 Å². The Morgan fingerprint density at radius 3 is 2.68 bits per heavy atom. The van der Waals surface area contributed by atoms with Gasteiger partial charge in [0.25, 0.3) is 0 Å². The number of carbonyl (C=O) groups is 2. The number of rotatable bonds is 6. The Bertz CT molecular complexity index is 477. The Balaban J connectivity index is 2.63. The molecule has 0 radical (unpaired) electrons. The smallest absolute Gasteiger partial charge is 0.319 e. The van der Waals surface area contributed by atoms with Crippen LogP contribution in [0.4, 0.5) is 0 Å². The van der Waals surface area contributed by atoms with Crippen LogP contribution in [0.1, 0.15) is 13.3 Å². The highest BCUT2D eigenvalue weighted by molar-refractivity contribution is 9.10. The van der Waals surface area contributed by atoms with Crippen molar-refractivity contribution < 1.29 is 19.4 Å². The van der Waals surface area contributed by atoms with E-state index in [1.165, 1.54) is 14.0 Å². The van der Waals surface area contributed by atoms with Crippen molar-refractivity contribution in [3.05, 3.63) is 28.7 Å². The SMILES string of the molecule is CNC(=O)C(C)(CCOc1cccc(Br)c1)C(=O)O. The van der Waals surface area contributed by atoms with Crippen LogP contribution in [0.2, 0.25) is 0 Å². The normalized spacial score (nSPS) is 13.4. The molecule has 19 heavy (non-hydrogen) atoms. The van der Waals surface area contributed by atoms with Crippen molar-refractivity contribution in [2.75, 3.05) is 13.7 Å². The van der Waals surface area contributed by atoms with Crippen molar-refractivity contribution in [1.29, 1.82) is 0 Å². The monoisotopic (exact) mass is 329 g/mol. The van der Waals surface area contributed by atoms with E-state index in [0.717, 1.165) is 4.47 Å². The first-order valence-corrected chi connectivity index (χ1v) is 6.53. The number of hydrogen-bond donors (Lipinski definition) is 2. The molecule has 0 aliphatic rings. The summed E-state index contributed by atoms with van der Waals surface area (Å²) in [5.74, 6) is -1.07. The van der Waals surface area contributed by atoms with Crippen LogP contribution >= 0.6 is 15.9 Å². The average molecular weight is 330 g/mol. The Hall–Kier alpha value is -1.56. The van der Waals surface area contributed by atoms with E-state index in [2.05, 4.69) is 21.2 Å². The lowest BCUT2D eigenvalue weighted by atomic mass is 9.86. The number of hydrogen-bond acceptors (Lipinski definition) is 3. The highest BCUT2D eigenvalue weighted by Crippen LogP contribution is 2.24. The van der Waals surface area contributed by atoms with Gasteiger partial charge in [-0.3, -0.25) is 9.59 Å². The van der Waals surface area contributed by atoms with Crippen molar-refractivity contribution in [1.82, 2.24) is 5.32 Å². The van der Waals surface area contributed by atoms with Crippen LogP contribution in [0.25, 0.3) is 0 Å². The molecule has 1 amide bonds. The predicted molar refractivity (Wildman–Crippen MR) is 74.1 cm³/mol. The largest absolute Gasteiger partial charge is 0.494 e. The maximum Gasteiger partial charge on any atom is 0.319 e. The number of nitrogens with one attached hydrogen (secondary N) is 1. The molecule has 0 bridgehead atoms. The Kier molecular flexibility index (Phi) is 5.35. The highest BCUT2D eigenvalue weighted by Gasteiger charge is 2.40. The van der Waals surface area contributed by atoms with Gasteiger partial charge in [0.2, 0.25) is 5.91 Å². The summed E-state index contributed by atoms with van der Waals surface area (Å²) in [6.07, 6.45) is 0.0918. The van der Waals surface area contributed by atoms with Gasteiger partial charge in [0.1, 0.15) is 11.2 Å². The molecule has 104 valence electrons. The van der Waals surface area contributed by atoms with Gasteiger partial charge in [0.05, 0.1) is 6.61 Å². The zero-order chi connectivity index (χ0) is 14.5. The van der Waals surface area contributed by atoms with Crippen LogP contribution in [0.15, 0.2) is 28.7 Å². The molecule has 0 aliphatic carbocycles. The number of halogens is 1. The minimum absolute atomic E-state index is 0.0918. The topological polar surface area (TPSA) is 75.6 Å². The second-order valence-corrected chi connectivity index (χ2v) is 5.19. The van der Waals surface area contributed by atoms with Crippen molar-refractivity contribution in [3.63, 3.8) is 0 Å². The first-order chi connectivity index (χ1) is 8.90. The van der Waals surface area contributed by atoms with Gasteiger partial charge in [-0.1, -0.05) is 22.0 Å². The standard InChI is InChI=1S/C13H16BrNO4/c1-13(12(17)18,11(16)15-2)6-7-19-10-5-3-4-9(14)8-10/h3-5,8H,6-7H2,1-2H3,(H,15,16)(H,17,18). The second-order valence-electron chi connectivity index (χ2n) is 4.27. The molecule has 0 heterocycles. The fraction of sp³-hybridized carbons (Fsp3) is 0.385. The zero-order valence-corrected chi connectivity index (χ0v) is 12.4. The van der Waals surface area contributed by atoms with Crippen LogP contribution < -0.4 is 10.1 Å². The minimum Gasteiger partial charge on any atom is -0.494 e. The maximum absolute atomic E-state index is 11.6. The third-order valence-electron chi connectivity index (χ3n) is 2.87. The fourth-order valence-electron chi connectivity index (χ4n) is 1.52. The maximum atomic E-state index is 11.6. The van der Waals surface area contributed by atoms with Crippen LogP contribution in [0, 0.1) is 5.41 Å². The lowest BCUT2D eigenvalue weighted by molar-refractivity contribution is -0.155.